The summed E-state index contributed by atoms with van der Waals surface area (Å²) in [6.07, 6.45) is 1.51. The van der Waals surface area contributed by atoms with E-state index < -0.39 is 11.6 Å². The van der Waals surface area contributed by atoms with E-state index in [9.17, 15) is 8.78 Å². The molecular formula is C13H13F2N3. The van der Waals surface area contributed by atoms with E-state index in [0.717, 1.165) is 0 Å². The maximum Gasteiger partial charge on any atom is 0.223 e. The molecule has 3 nitrogen and oxygen atoms in total. The molecule has 0 amide bonds. The molecule has 1 aromatic heterocycles. The summed E-state index contributed by atoms with van der Waals surface area (Å²) < 4.78 is 27.3. The van der Waals surface area contributed by atoms with Crippen molar-refractivity contribution >= 4 is 5.95 Å². The first-order valence-electron chi connectivity index (χ1n) is 5.65. The number of anilines is 1. The van der Waals surface area contributed by atoms with Gasteiger partial charge >= 0.3 is 0 Å². The second-order valence-corrected chi connectivity index (χ2v) is 3.85. The molecule has 0 fully saturated rings. The van der Waals surface area contributed by atoms with Crippen molar-refractivity contribution in [3.8, 4) is 11.3 Å². The quantitative estimate of drug-likeness (QED) is 0.908. The molecule has 94 valence electrons. The third-order valence-corrected chi connectivity index (χ3v) is 2.54. The molecule has 1 N–H and O–H groups in total. The fourth-order valence-corrected chi connectivity index (χ4v) is 1.60. The lowest BCUT2D eigenvalue weighted by atomic mass is 10.1. The van der Waals surface area contributed by atoms with Crippen molar-refractivity contribution in [1.29, 1.82) is 0 Å². The number of benzene rings is 1. The molecule has 0 aliphatic heterocycles. The van der Waals surface area contributed by atoms with Crippen LogP contribution < -0.4 is 5.32 Å². The molecule has 1 heterocycles. The van der Waals surface area contributed by atoms with Crippen LogP contribution in [0, 0.1) is 18.6 Å². The van der Waals surface area contributed by atoms with E-state index in [1.165, 1.54) is 25.3 Å². The first-order chi connectivity index (χ1) is 8.63. The van der Waals surface area contributed by atoms with Gasteiger partial charge in [0, 0.05) is 18.3 Å². The molecule has 18 heavy (non-hydrogen) atoms. The van der Waals surface area contributed by atoms with Gasteiger partial charge in [0.15, 0.2) is 11.6 Å². The van der Waals surface area contributed by atoms with E-state index >= 15 is 0 Å². The summed E-state index contributed by atoms with van der Waals surface area (Å²) in [6.45, 7) is 4.09. The number of aryl methyl sites for hydroxylation is 1. The Labute approximate surface area is 104 Å². The van der Waals surface area contributed by atoms with E-state index in [-0.39, 0.29) is 11.1 Å². The molecule has 0 unspecified atom stereocenters. The van der Waals surface area contributed by atoms with Crippen LogP contribution in [0.25, 0.3) is 11.3 Å². The van der Waals surface area contributed by atoms with Gasteiger partial charge in [-0.05, 0) is 31.5 Å². The lowest BCUT2D eigenvalue weighted by Gasteiger charge is -2.07. The van der Waals surface area contributed by atoms with Gasteiger partial charge in [-0.15, -0.1) is 0 Å². The summed E-state index contributed by atoms with van der Waals surface area (Å²) in [6, 6.07) is 4.60. The minimum absolute atomic E-state index is 0.139. The van der Waals surface area contributed by atoms with Gasteiger partial charge in [-0.2, -0.15) is 0 Å². The van der Waals surface area contributed by atoms with Crippen LogP contribution in [0.15, 0.2) is 24.4 Å². The Morgan fingerprint density at radius 2 is 1.94 bits per heavy atom. The molecule has 5 heteroatoms. The molecule has 0 spiro atoms. The van der Waals surface area contributed by atoms with Crippen molar-refractivity contribution in [3.63, 3.8) is 0 Å². The van der Waals surface area contributed by atoms with Crippen LogP contribution >= 0.6 is 0 Å². The van der Waals surface area contributed by atoms with Crippen molar-refractivity contribution in [3.05, 3.63) is 41.6 Å². The molecule has 0 atom stereocenters. The molecule has 2 aromatic rings. The number of hydrogen-bond donors (Lipinski definition) is 1. The van der Waals surface area contributed by atoms with E-state index in [4.69, 9.17) is 0 Å². The zero-order valence-corrected chi connectivity index (χ0v) is 10.2. The SMILES string of the molecule is CCNc1nccc(-c2ccc(C)c(F)c2F)n1. The minimum atomic E-state index is -0.879. The van der Waals surface area contributed by atoms with E-state index in [0.29, 0.717) is 18.2 Å². The lowest BCUT2D eigenvalue weighted by molar-refractivity contribution is 0.505. The molecule has 0 saturated carbocycles. The van der Waals surface area contributed by atoms with Crippen LogP contribution in [0.4, 0.5) is 14.7 Å². The van der Waals surface area contributed by atoms with Crippen LogP contribution in [0.5, 0.6) is 0 Å². The van der Waals surface area contributed by atoms with Gasteiger partial charge in [0.2, 0.25) is 5.95 Å². The zero-order chi connectivity index (χ0) is 13.1. The van der Waals surface area contributed by atoms with E-state index in [1.807, 2.05) is 6.92 Å². The smallest absolute Gasteiger partial charge is 0.223 e. The Balaban J connectivity index is 2.48. The van der Waals surface area contributed by atoms with Crippen LogP contribution in [-0.4, -0.2) is 16.5 Å². The van der Waals surface area contributed by atoms with Crippen LogP contribution in [0.3, 0.4) is 0 Å². The number of nitrogens with one attached hydrogen (secondary N) is 1. The standard InChI is InChI=1S/C13H13F2N3/c1-3-16-13-17-7-6-10(18-13)9-5-4-8(2)11(14)12(9)15/h4-7H,3H2,1-2H3,(H,16,17,18). The van der Waals surface area contributed by atoms with Gasteiger partial charge in [-0.25, -0.2) is 18.7 Å². The molecular weight excluding hydrogens is 236 g/mol. The summed E-state index contributed by atoms with van der Waals surface area (Å²) in [7, 11) is 0. The maximum absolute atomic E-state index is 13.8. The average molecular weight is 249 g/mol. The second kappa shape index (κ2) is 5.08. The number of halogens is 2. The van der Waals surface area contributed by atoms with Gasteiger partial charge in [-0.1, -0.05) is 6.07 Å². The minimum Gasteiger partial charge on any atom is -0.354 e. The molecule has 0 aliphatic rings. The fraction of sp³-hybridized carbons (Fsp3) is 0.231. The molecule has 2 rings (SSSR count). The Kier molecular flexibility index (Phi) is 3.50. The third-order valence-electron chi connectivity index (χ3n) is 2.54. The highest BCUT2D eigenvalue weighted by Gasteiger charge is 2.13. The Hall–Kier alpha value is -2.04. The molecule has 0 radical (unpaired) electrons. The first kappa shape index (κ1) is 12.4. The molecule has 0 aliphatic carbocycles. The van der Waals surface area contributed by atoms with Crippen molar-refractivity contribution < 1.29 is 8.78 Å². The Bertz CT molecular complexity index is 570. The molecule has 1 aromatic carbocycles. The zero-order valence-electron chi connectivity index (χ0n) is 10.2. The van der Waals surface area contributed by atoms with E-state index in [2.05, 4.69) is 15.3 Å². The van der Waals surface area contributed by atoms with Gasteiger partial charge in [0.1, 0.15) is 0 Å². The van der Waals surface area contributed by atoms with Crippen LogP contribution in [0.1, 0.15) is 12.5 Å². The highest BCUT2D eigenvalue weighted by Crippen LogP contribution is 2.24. The van der Waals surface area contributed by atoms with Crippen LogP contribution in [-0.2, 0) is 0 Å². The molecule has 0 saturated heterocycles. The predicted octanol–water partition coefficient (Wildman–Crippen LogP) is 3.16. The van der Waals surface area contributed by atoms with Crippen molar-refractivity contribution in [1.82, 2.24) is 9.97 Å². The second-order valence-electron chi connectivity index (χ2n) is 3.85. The summed E-state index contributed by atoms with van der Waals surface area (Å²) in [5, 5.41) is 2.92. The van der Waals surface area contributed by atoms with E-state index in [1.54, 1.807) is 6.07 Å². The van der Waals surface area contributed by atoms with Crippen LogP contribution in [0.2, 0.25) is 0 Å². The van der Waals surface area contributed by atoms with Crippen molar-refractivity contribution in [2.75, 3.05) is 11.9 Å². The summed E-state index contributed by atoms with van der Waals surface area (Å²) in [4.78, 5) is 8.12. The number of nitrogens with zero attached hydrogens (tertiary/aromatic N) is 2. The predicted molar refractivity (Wildman–Crippen MR) is 66.3 cm³/mol. The Morgan fingerprint density at radius 3 is 2.67 bits per heavy atom. The van der Waals surface area contributed by atoms with Gasteiger partial charge in [-0.3, -0.25) is 0 Å². The maximum atomic E-state index is 13.8. The van der Waals surface area contributed by atoms with Crippen molar-refractivity contribution in [2.24, 2.45) is 0 Å². The normalized spacial score (nSPS) is 10.4. The monoisotopic (exact) mass is 249 g/mol. The average Bonchev–Trinajstić information content (AvgIpc) is 2.37. The summed E-state index contributed by atoms with van der Waals surface area (Å²) in [5.74, 6) is -1.32. The number of aromatic nitrogens is 2. The number of hydrogen-bond acceptors (Lipinski definition) is 3. The summed E-state index contributed by atoms with van der Waals surface area (Å²) >= 11 is 0. The fourth-order valence-electron chi connectivity index (χ4n) is 1.60. The Morgan fingerprint density at radius 1 is 1.17 bits per heavy atom. The summed E-state index contributed by atoms with van der Waals surface area (Å²) in [5.41, 5.74) is 0.772. The third kappa shape index (κ3) is 2.30. The lowest BCUT2D eigenvalue weighted by Crippen LogP contribution is -2.03. The topological polar surface area (TPSA) is 37.8 Å². The highest BCUT2D eigenvalue weighted by atomic mass is 19.2. The first-order valence-corrected chi connectivity index (χ1v) is 5.65. The van der Waals surface area contributed by atoms with Gasteiger partial charge < -0.3 is 5.32 Å². The largest absolute Gasteiger partial charge is 0.354 e. The van der Waals surface area contributed by atoms with Crippen molar-refractivity contribution in [2.45, 2.75) is 13.8 Å². The van der Waals surface area contributed by atoms with Gasteiger partial charge in [0.25, 0.3) is 0 Å². The molecule has 0 bridgehead atoms. The number of rotatable bonds is 3. The van der Waals surface area contributed by atoms with Gasteiger partial charge in [0.05, 0.1) is 5.69 Å². The highest BCUT2D eigenvalue weighted by molar-refractivity contribution is 5.61.